The number of nitrogens with one attached hydrogen (secondary N) is 1. The average molecular weight is 198 g/mol. The van der Waals surface area contributed by atoms with Gasteiger partial charge >= 0.3 is 0 Å². The maximum absolute atomic E-state index is 5.37. The SMILES string of the molecule is CC1CC(NC2CCOC2)CCN1C. The molecule has 0 spiro atoms. The van der Waals surface area contributed by atoms with Crippen LogP contribution < -0.4 is 5.32 Å². The van der Waals surface area contributed by atoms with Crippen LogP contribution in [-0.2, 0) is 4.74 Å². The Morgan fingerprint density at radius 3 is 2.79 bits per heavy atom. The van der Waals surface area contributed by atoms with Gasteiger partial charge in [-0.3, -0.25) is 0 Å². The highest BCUT2D eigenvalue weighted by Crippen LogP contribution is 2.17. The molecule has 0 aliphatic carbocycles. The Bertz CT molecular complexity index is 180. The molecular formula is C11H22N2O. The van der Waals surface area contributed by atoms with E-state index in [1.165, 1.54) is 25.8 Å². The Kier molecular flexibility index (Phi) is 3.42. The molecule has 2 rings (SSSR count). The van der Waals surface area contributed by atoms with E-state index in [0.717, 1.165) is 19.3 Å². The predicted molar refractivity (Wildman–Crippen MR) is 57.5 cm³/mol. The van der Waals surface area contributed by atoms with E-state index < -0.39 is 0 Å². The lowest BCUT2D eigenvalue weighted by molar-refractivity contribution is 0.153. The van der Waals surface area contributed by atoms with Crippen LogP contribution in [0, 0.1) is 0 Å². The molecule has 2 fully saturated rings. The van der Waals surface area contributed by atoms with Crippen molar-refractivity contribution < 1.29 is 4.74 Å². The van der Waals surface area contributed by atoms with Crippen LogP contribution in [0.25, 0.3) is 0 Å². The van der Waals surface area contributed by atoms with E-state index in [1.54, 1.807) is 0 Å². The summed E-state index contributed by atoms with van der Waals surface area (Å²) in [5, 5.41) is 3.72. The van der Waals surface area contributed by atoms with E-state index in [9.17, 15) is 0 Å². The van der Waals surface area contributed by atoms with Gasteiger partial charge in [0.2, 0.25) is 0 Å². The molecule has 14 heavy (non-hydrogen) atoms. The first-order valence-corrected chi connectivity index (χ1v) is 5.79. The summed E-state index contributed by atoms with van der Waals surface area (Å²) < 4.78 is 5.37. The normalized spacial score (nSPS) is 40.3. The van der Waals surface area contributed by atoms with Crippen LogP contribution in [-0.4, -0.2) is 49.8 Å². The summed E-state index contributed by atoms with van der Waals surface area (Å²) in [6, 6.07) is 2.06. The minimum atomic E-state index is 0.621. The number of likely N-dealkylation sites (tertiary alicyclic amines) is 1. The summed E-state index contributed by atoms with van der Waals surface area (Å²) in [5.74, 6) is 0. The summed E-state index contributed by atoms with van der Waals surface area (Å²) in [6.45, 7) is 5.41. The summed E-state index contributed by atoms with van der Waals surface area (Å²) in [5.41, 5.74) is 0. The molecule has 0 aromatic rings. The van der Waals surface area contributed by atoms with Crippen molar-refractivity contribution in [1.29, 1.82) is 0 Å². The topological polar surface area (TPSA) is 24.5 Å². The number of piperidine rings is 1. The second kappa shape index (κ2) is 4.60. The molecule has 2 aliphatic heterocycles. The van der Waals surface area contributed by atoms with Gasteiger partial charge in [-0.1, -0.05) is 0 Å². The van der Waals surface area contributed by atoms with Crippen molar-refractivity contribution in [3.05, 3.63) is 0 Å². The standard InChI is InChI=1S/C11H22N2O/c1-9-7-10(3-5-13(9)2)12-11-4-6-14-8-11/h9-12H,3-8H2,1-2H3. The van der Waals surface area contributed by atoms with Gasteiger partial charge in [-0.15, -0.1) is 0 Å². The van der Waals surface area contributed by atoms with Gasteiger partial charge in [-0.2, -0.15) is 0 Å². The molecule has 3 heteroatoms. The van der Waals surface area contributed by atoms with Crippen LogP contribution in [0.5, 0.6) is 0 Å². The molecule has 3 unspecified atom stereocenters. The zero-order valence-corrected chi connectivity index (χ0v) is 9.33. The molecule has 0 saturated carbocycles. The summed E-state index contributed by atoms with van der Waals surface area (Å²) >= 11 is 0. The maximum atomic E-state index is 5.37. The van der Waals surface area contributed by atoms with Crippen molar-refractivity contribution in [3.8, 4) is 0 Å². The fourth-order valence-electron chi connectivity index (χ4n) is 2.44. The molecule has 0 aromatic carbocycles. The first-order chi connectivity index (χ1) is 6.75. The van der Waals surface area contributed by atoms with Gasteiger partial charge < -0.3 is 15.0 Å². The molecule has 2 aliphatic rings. The highest BCUT2D eigenvalue weighted by atomic mass is 16.5. The second-order valence-electron chi connectivity index (χ2n) is 4.78. The van der Waals surface area contributed by atoms with Crippen molar-refractivity contribution >= 4 is 0 Å². The van der Waals surface area contributed by atoms with Gasteiger partial charge in [-0.05, 0) is 39.8 Å². The van der Waals surface area contributed by atoms with Crippen LogP contribution in [0.2, 0.25) is 0 Å². The third kappa shape index (κ3) is 2.47. The van der Waals surface area contributed by atoms with Gasteiger partial charge in [0, 0.05) is 24.7 Å². The quantitative estimate of drug-likeness (QED) is 0.712. The molecule has 0 bridgehead atoms. The number of rotatable bonds is 2. The Balaban J connectivity index is 1.75. The molecule has 2 saturated heterocycles. The van der Waals surface area contributed by atoms with Crippen LogP contribution in [0.1, 0.15) is 26.2 Å². The fraction of sp³-hybridized carbons (Fsp3) is 1.00. The Morgan fingerprint density at radius 2 is 2.14 bits per heavy atom. The molecule has 82 valence electrons. The predicted octanol–water partition coefficient (Wildman–Crippen LogP) is 0.848. The monoisotopic (exact) mass is 198 g/mol. The lowest BCUT2D eigenvalue weighted by Crippen LogP contribution is -2.48. The number of nitrogens with zero attached hydrogens (tertiary/aromatic N) is 1. The van der Waals surface area contributed by atoms with Crippen molar-refractivity contribution in [2.24, 2.45) is 0 Å². The van der Waals surface area contributed by atoms with Crippen LogP contribution >= 0.6 is 0 Å². The van der Waals surface area contributed by atoms with E-state index in [2.05, 4.69) is 24.2 Å². The minimum absolute atomic E-state index is 0.621. The molecule has 3 atom stereocenters. The Labute approximate surface area is 86.8 Å². The smallest absolute Gasteiger partial charge is 0.0620 e. The van der Waals surface area contributed by atoms with Gasteiger partial charge in [0.1, 0.15) is 0 Å². The van der Waals surface area contributed by atoms with E-state index in [-0.39, 0.29) is 0 Å². The summed E-state index contributed by atoms with van der Waals surface area (Å²) in [6.07, 6.45) is 3.77. The van der Waals surface area contributed by atoms with Gasteiger partial charge in [0.15, 0.2) is 0 Å². The van der Waals surface area contributed by atoms with E-state index in [1.807, 2.05) is 0 Å². The minimum Gasteiger partial charge on any atom is -0.380 e. The van der Waals surface area contributed by atoms with Crippen molar-refractivity contribution in [1.82, 2.24) is 10.2 Å². The third-order valence-corrected chi connectivity index (χ3v) is 3.61. The van der Waals surface area contributed by atoms with Crippen LogP contribution in [0.4, 0.5) is 0 Å². The number of ether oxygens (including phenoxy) is 1. The van der Waals surface area contributed by atoms with E-state index >= 15 is 0 Å². The van der Waals surface area contributed by atoms with Crippen LogP contribution in [0.3, 0.4) is 0 Å². The summed E-state index contributed by atoms with van der Waals surface area (Å²) in [4.78, 5) is 2.45. The van der Waals surface area contributed by atoms with Crippen molar-refractivity contribution in [2.75, 3.05) is 26.8 Å². The number of hydrogen-bond donors (Lipinski definition) is 1. The molecule has 2 heterocycles. The lowest BCUT2D eigenvalue weighted by atomic mass is 9.98. The Morgan fingerprint density at radius 1 is 1.29 bits per heavy atom. The molecule has 3 nitrogen and oxygen atoms in total. The average Bonchev–Trinajstić information content (AvgIpc) is 2.64. The maximum Gasteiger partial charge on any atom is 0.0620 e. The zero-order chi connectivity index (χ0) is 9.97. The van der Waals surface area contributed by atoms with Crippen LogP contribution in [0.15, 0.2) is 0 Å². The number of hydrogen-bond acceptors (Lipinski definition) is 3. The summed E-state index contributed by atoms with van der Waals surface area (Å²) in [7, 11) is 2.22. The highest BCUT2D eigenvalue weighted by Gasteiger charge is 2.25. The van der Waals surface area contributed by atoms with E-state index in [4.69, 9.17) is 4.74 Å². The highest BCUT2D eigenvalue weighted by molar-refractivity contribution is 4.84. The zero-order valence-electron chi connectivity index (χ0n) is 9.33. The van der Waals surface area contributed by atoms with E-state index in [0.29, 0.717) is 12.1 Å². The fourth-order valence-corrected chi connectivity index (χ4v) is 2.44. The molecule has 1 N–H and O–H groups in total. The molecular weight excluding hydrogens is 176 g/mol. The first-order valence-electron chi connectivity index (χ1n) is 5.79. The Hall–Kier alpha value is -0.120. The lowest BCUT2D eigenvalue weighted by Gasteiger charge is -2.36. The second-order valence-corrected chi connectivity index (χ2v) is 4.78. The largest absolute Gasteiger partial charge is 0.380 e. The molecule has 0 amide bonds. The van der Waals surface area contributed by atoms with Crippen molar-refractivity contribution in [3.63, 3.8) is 0 Å². The first kappa shape index (κ1) is 10.4. The van der Waals surface area contributed by atoms with Crippen molar-refractivity contribution in [2.45, 2.75) is 44.3 Å². The third-order valence-electron chi connectivity index (χ3n) is 3.61. The van der Waals surface area contributed by atoms with Gasteiger partial charge in [-0.25, -0.2) is 0 Å². The molecule has 0 aromatic heterocycles. The van der Waals surface area contributed by atoms with Gasteiger partial charge in [0.25, 0.3) is 0 Å². The molecule has 0 radical (unpaired) electrons. The van der Waals surface area contributed by atoms with Gasteiger partial charge in [0.05, 0.1) is 6.61 Å².